The van der Waals surface area contributed by atoms with E-state index in [1.165, 1.54) is 19.3 Å². The molecular weight excluding hydrogens is 393 g/mol. The van der Waals surface area contributed by atoms with Crippen LogP contribution in [0.3, 0.4) is 0 Å². The fraction of sp³-hybridized carbons (Fsp3) is 0.462. The smallest absolute Gasteiger partial charge is 0.252 e. The van der Waals surface area contributed by atoms with Gasteiger partial charge in [0, 0.05) is 14.1 Å². The number of carbonyl (C=O) groups excluding carboxylic acids is 1. The minimum absolute atomic E-state index is 0.0438. The predicted molar refractivity (Wildman–Crippen MR) is 81.2 cm³/mol. The average Bonchev–Trinajstić information content (AvgIpc) is 2.33. The van der Waals surface area contributed by atoms with Crippen LogP contribution in [-0.2, 0) is 0 Å². The average molecular weight is 408 g/mol. The van der Waals surface area contributed by atoms with Crippen molar-refractivity contribution >= 4 is 44.4 Å². The number of hydrogen-bond donors (Lipinski definition) is 1. The molecule has 0 spiro atoms. The van der Waals surface area contributed by atoms with Gasteiger partial charge in [-0.25, -0.2) is 0 Å². The Bertz CT molecular complexity index is 416. The van der Waals surface area contributed by atoms with E-state index in [1.54, 1.807) is 0 Å². The van der Waals surface area contributed by atoms with Gasteiger partial charge in [0.15, 0.2) is 0 Å². The van der Waals surface area contributed by atoms with Crippen molar-refractivity contribution in [2.24, 2.45) is 0 Å². The maximum Gasteiger partial charge on any atom is 0.252 e. The number of nitrogens with one attached hydrogen (secondary N) is 1. The second-order valence-corrected chi connectivity index (χ2v) is 6.53. The van der Waals surface area contributed by atoms with E-state index in [0.717, 1.165) is 26.4 Å². The zero-order valence-electron chi connectivity index (χ0n) is 9.51. The van der Waals surface area contributed by atoms with E-state index < -0.39 is 0 Å². The first kappa shape index (κ1) is 13.3. The third-order valence-corrected chi connectivity index (χ3v) is 4.48. The lowest BCUT2D eigenvalue weighted by Gasteiger charge is -2.23. The SMILES string of the molecule is O=C(NC1CCCCC1)c1cc(I)ccc1Br. The highest BCUT2D eigenvalue weighted by Crippen LogP contribution is 2.21. The first-order chi connectivity index (χ1) is 8.16. The molecule has 1 aromatic carbocycles. The highest BCUT2D eigenvalue weighted by molar-refractivity contribution is 14.1. The molecule has 0 unspecified atom stereocenters. The lowest BCUT2D eigenvalue weighted by Crippen LogP contribution is -2.36. The minimum atomic E-state index is 0.0438. The molecule has 1 aromatic rings. The number of halogens is 2. The van der Waals surface area contributed by atoms with Crippen LogP contribution in [0, 0.1) is 3.57 Å². The Kier molecular flexibility index (Phi) is 4.85. The summed E-state index contributed by atoms with van der Waals surface area (Å²) in [5, 5.41) is 3.13. The predicted octanol–water partition coefficient (Wildman–Crippen LogP) is 4.12. The van der Waals surface area contributed by atoms with E-state index in [-0.39, 0.29) is 5.91 Å². The van der Waals surface area contributed by atoms with Crippen molar-refractivity contribution < 1.29 is 4.79 Å². The lowest BCUT2D eigenvalue weighted by molar-refractivity contribution is 0.0927. The van der Waals surface area contributed by atoms with Crippen LogP contribution in [0.4, 0.5) is 0 Å². The number of carbonyl (C=O) groups is 1. The van der Waals surface area contributed by atoms with E-state index in [0.29, 0.717) is 6.04 Å². The van der Waals surface area contributed by atoms with Gasteiger partial charge in [-0.2, -0.15) is 0 Å². The van der Waals surface area contributed by atoms with Crippen molar-refractivity contribution in [3.05, 3.63) is 31.8 Å². The van der Waals surface area contributed by atoms with Crippen molar-refractivity contribution in [3.8, 4) is 0 Å². The lowest BCUT2D eigenvalue weighted by atomic mass is 9.95. The van der Waals surface area contributed by atoms with Crippen LogP contribution in [0.5, 0.6) is 0 Å². The van der Waals surface area contributed by atoms with E-state index in [1.807, 2.05) is 18.2 Å². The van der Waals surface area contributed by atoms with E-state index in [2.05, 4.69) is 43.8 Å². The standard InChI is InChI=1S/C13H15BrINO/c14-12-7-6-9(15)8-11(12)13(17)16-10-4-2-1-3-5-10/h6-8,10H,1-5H2,(H,16,17). The molecule has 0 bridgehead atoms. The van der Waals surface area contributed by atoms with Crippen molar-refractivity contribution in [2.75, 3.05) is 0 Å². The van der Waals surface area contributed by atoms with E-state index >= 15 is 0 Å². The highest BCUT2D eigenvalue weighted by Gasteiger charge is 2.18. The molecule has 0 heterocycles. The molecule has 1 aliphatic rings. The first-order valence-corrected chi connectivity index (χ1v) is 7.80. The Morgan fingerprint density at radius 1 is 1.29 bits per heavy atom. The maximum absolute atomic E-state index is 12.1. The number of benzene rings is 1. The maximum atomic E-state index is 12.1. The molecule has 1 N–H and O–H groups in total. The summed E-state index contributed by atoms with van der Waals surface area (Å²) in [5.41, 5.74) is 0.738. The molecule has 0 radical (unpaired) electrons. The molecular formula is C13H15BrINO. The molecule has 0 saturated heterocycles. The second-order valence-electron chi connectivity index (χ2n) is 4.43. The van der Waals surface area contributed by atoms with Gasteiger partial charge < -0.3 is 5.32 Å². The highest BCUT2D eigenvalue weighted by atomic mass is 127. The van der Waals surface area contributed by atoms with E-state index in [4.69, 9.17) is 0 Å². The van der Waals surface area contributed by atoms with Crippen LogP contribution in [0.15, 0.2) is 22.7 Å². The molecule has 1 saturated carbocycles. The molecule has 1 aliphatic carbocycles. The Balaban J connectivity index is 2.05. The normalized spacial score (nSPS) is 16.8. The van der Waals surface area contributed by atoms with Gasteiger partial charge >= 0.3 is 0 Å². The third kappa shape index (κ3) is 3.68. The Morgan fingerprint density at radius 3 is 2.71 bits per heavy atom. The van der Waals surface area contributed by atoms with Gasteiger partial charge in [0.2, 0.25) is 0 Å². The third-order valence-electron chi connectivity index (χ3n) is 3.11. The van der Waals surface area contributed by atoms with Crippen molar-refractivity contribution in [1.82, 2.24) is 5.32 Å². The summed E-state index contributed by atoms with van der Waals surface area (Å²) in [7, 11) is 0. The Labute approximate surface area is 124 Å². The molecule has 0 aliphatic heterocycles. The van der Waals surface area contributed by atoms with Gasteiger partial charge in [0.1, 0.15) is 0 Å². The summed E-state index contributed by atoms with van der Waals surface area (Å²) >= 11 is 5.66. The van der Waals surface area contributed by atoms with E-state index in [9.17, 15) is 4.79 Å². The van der Waals surface area contributed by atoms with Gasteiger partial charge in [-0.3, -0.25) is 4.79 Å². The molecule has 4 heteroatoms. The molecule has 1 amide bonds. The first-order valence-electron chi connectivity index (χ1n) is 5.93. The summed E-state index contributed by atoms with van der Waals surface area (Å²) in [6.45, 7) is 0. The molecule has 92 valence electrons. The summed E-state index contributed by atoms with van der Waals surface area (Å²) in [5.74, 6) is 0.0438. The molecule has 17 heavy (non-hydrogen) atoms. The Hall–Kier alpha value is -0.100. The molecule has 0 atom stereocenters. The van der Waals surface area contributed by atoms with Crippen LogP contribution in [0.25, 0.3) is 0 Å². The minimum Gasteiger partial charge on any atom is -0.349 e. The summed E-state index contributed by atoms with van der Waals surface area (Å²) in [4.78, 5) is 12.1. The number of hydrogen-bond acceptors (Lipinski definition) is 1. The van der Waals surface area contributed by atoms with Crippen LogP contribution in [-0.4, -0.2) is 11.9 Å². The Morgan fingerprint density at radius 2 is 2.00 bits per heavy atom. The summed E-state index contributed by atoms with van der Waals surface area (Å²) in [6, 6.07) is 6.20. The van der Waals surface area contributed by atoms with Gasteiger partial charge in [-0.1, -0.05) is 19.3 Å². The van der Waals surface area contributed by atoms with Gasteiger partial charge in [-0.05, 0) is 69.6 Å². The molecule has 1 fully saturated rings. The fourth-order valence-electron chi connectivity index (χ4n) is 2.18. The number of amides is 1. The van der Waals surface area contributed by atoms with Crippen LogP contribution < -0.4 is 5.32 Å². The summed E-state index contributed by atoms with van der Waals surface area (Å²) in [6.07, 6.45) is 6.01. The topological polar surface area (TPSA) is 29.1 Å². The quantitative estimate of drug-likeness (QED) is 0.734. The van der Waals surface area contributed by atoms with Crippen LogP contribution in [0.1, 0.15) is 42.5 Å². The monoisotopic (exact) mass is 407 g/mol. The zero-order valence-corrected chi connectivity index (χ0v) is 13.3. The fourth-order valence-corrected chi connectivity index (χ4v) is 3.10. The van der Waals surface area contributed by atoms with Crippen molar-refractivity contribution in [1.29, 1.82) is 0 Å². The summed E-state index contributed by atoms with van der Waals surface area (Å²) < 4.78 is 1.95. The van der Waals surface area contributed by atoms with Crippen molar-refractivity contribution in [2.45, 2.75) is 38.1 Å². The zero-order chi connectivity index (χ0) is 12.3. The molecule has 2 nitrogen and oxygen atoms in total. The second kappa shape index (κ2) is 6.18. The van der Waals surface area contributed by atoms with Gasteiger partial charge in [0.05, 0.1) is 5.56 Å². The molecule has 2 rings (SSSR count). The molecule has 0 aromatic heterocycles. The largest absolute Gasteiger partial charge is 0.349 e. The number of rotatable bonds is 2. The van der Waals surface area contributed by atoms with Gasteiger partial charge in [-0.15, -0.1) is 0 Å². The van der Waals surface area contributed by atoms with Gasteiger partial charge in [0.25, 0.3) is 5.91 Å². The van der Waals surface area contributed by atoms with Crippen LogP contribution in [0.2, 0.25) is 0 Å². The van der Waals surface area contributed by atoms with Crippen molar-refractivity contribution in [3.63, 3.8) is 0 Å². The van der Waals surface area contributed by atoms with Crippen LogP contribution >= 0.6 is 38.5 Å².